The van der Waals surface area contributed by atoms with Gasteiger partial charge in [-0.2, -0.15) is 0 Å². The summed E-state index contributed by atoms with van der Waals surface area (Å²) in [6, 6.07) is 24.6. The molecule has 37 heavy (non-hydrogen) atoms. The molecule has 4 atom stereocenters. The first-order valence-corrected chi connectivity index (χ1v) is 11.3. The van der Waals surface area contributed by atoms with Crippen molar-refractivity contribution in [3.63, 3.8) is 0 Å². The van der Waals surface area contributed by atoms with Crippen LogP contribution in [-0.2, 0) is 18.9 Å². The van der Waals surface area contributed by atoms with Gasteiger partial charge in [0.2, 0.25) is 0 Å². The van der Waals surface area contributed by atoms with E-state index in [2.05, 4.69) is 5.16 Å². The van der Waals surface area contributed by atoms with Gasteiger partial charge in [0.25, 0.3) is 0 Å². The van der Waals surface area contributed by atoms with Gasteiger partial charge in [-0.15, -0.1) is 0 Å². The number of ether oxygens (including phenoxy) is 4. The summed E-state index contributed by atoms with van der Waals surface area (Å²) in [6.07, 6.45) is -4.95. The number of rotatable bonds is 8. The molecule has 1 saturated heterocycles. The zero-order valence-electron chi connectivity index (χ0n) is 19.5. The number of benzene rings is 3. The fraction of sp³-hybridized carbons (Fsp3) is 0.185. The lowest BCUT2D eigenvalue weighted by molar-refractivity contribution is -0.0437. The normalized spacial score (nSPS) is 21.1. The van der Waals surface area contributed by atoms with Crippen molar-refractivity contribution < 1.29 is 38.5 Å². The van der Waals surface area contributed by atoms with Gasteiger partial charge in [-0.1, -0.05) is 59.8 Å². The van der Waals surface area contributed by atoms with Crippen LogP contribution in [0.4, 0.5) is 0 Å². The third-order valence-electron chi connectivity index (χ3n) is 5.61. The predicted octanol–water partition coefficient (Wildman–Crippen LogP) is 2.81. The van der Waals surface area contributed by atoms with Crippen molar-refractivity contribution in [2.75, 3.05) is 6.61 Å². The molecule has 3 aromatic carbocycles. The van der Waals surface area contributed by atoms with Crippen molar-refractivity contribution in [2.45, 2.75) is 24.4 Å². The standard InChI is InChI=1S/C27H24N2O8/c28-24(29-33)23-22(37-27(32)19-14-8-3-9-15-19)21(36-26(31)18-12-6-2-7-13-18)20(35-23)16-34-25(30)17-10-4-1-5-11-17/h1-15,20-23,33H,16H2,(H2,28,29)/t20-,21-,22-,23-/m1/s1. The maximum Gasteiger partial charge on any atom is 0.338 e. The molecule has 0 saturated carbocycles. The van der Waals surface area contributed by atoms with Crippen LogP contribution in [0, 0.1) is 0 Å². The average molecular weight is 504 g/mol. The van der Waals surface area contributed by atoms with E-state index in [4.69, 9.17) is 24.7 Å². The van der Waals surface area contributed by atoms with Gasteiger partial charge in [0.15, 0.2) is 24.1 Å². The lowest BCUT2D eigenvalue weighted by Crippen LogP contribution is -2.45. The summed E-state index contributed by atoms with van der Waals surface area (Å²) in [7, 11) is 0. The molecule has 3 aromatic rings. The van der Waals surface area contributed by atoms with Gasteiger partial charge < -0.3 is 29.9 Å². The van der Waals surface area contributed by atoms with E-state index in [0.29, 0.717) is 5.56 Å². The number of esters is 3. The summed E-state index contributed by atoms with van der Waals surface area (Å²) >= 11 is 0. The van der Waals surface area contributed by atoms with Gasteiger partial charge in [-0.05, 0) is 36.4 Å². The molecule has 1 fully saturated rings. The number of hydrogen-bond acceptors (Lipinski definition) is 9. The molecular weight excluding hydrogens is 480 g/mol. The number of oxime groups is 1. The summed E-state index contributed by atoms with van der Waals surface area (Å²) < 4.78 is 22.6. The first kappa shape index (κ1) is 25.4. The number of carbonyl (C=O) groups is 3. The number of carbonyl (C=O) groups excluding carboxylic acids is 3. The molecule has 190 valence electrons. The second-order valence-electron chi connectivity index (χ2n) is 8.06. The molecule has 0 amide bonds. The largest absolute Gasteiger partial charge is 0.459 e. The minimum Gasteiger partial charge on any atom is -0.459 e. The van der Waals surface area contributed by atoms with Crippen molar-refractivity contribution in [1.82, 2.24) is 0 Å². The van der Waals surface area contributed by atoms with Crippen molar-refractivity contribution in [3.8, 4) is 0 Å². The Morgan fingerprint density at radius 3 is 1.62 bits per heavy atom. The molecule has 0 radical (unpaired) electrons. The highest BCUT2D eigenvalue weighted by atomic mass is 16.7. The highest BCUT2D eigenvalue weighted by Crippen LogP contribution is 2.29. The SMILES string of the molecule is N/C(=N/O)[C@@H]1O[C@H](COC(=O)c2ccccc2)[C@@H](OC(=O)c2ccccc2)[C@H]1OC(=O)c1ccccc1. The van der Waals surface area contributed by atoms with Crippen LogP contribution in [-0.4, -0.2) is 60.0 Å². The molecule has 1 heterocycles. The quantitative estimate of drug-likeness (QED) is 0.118. The number of nitrogens with zero attached hydrogens (tertiary/aromatic N) is 1. The van der Waals surface area contributed by atoms with Crippen LogP contribution in [0.25, 0.3) is 0 Å². The van der Waals surface area contributed by atoms with Gasteiger partial charge in [0.05, 0.1) is 16.7 Å². The third-order valence-corrected chi connectivity index (χ3v) is 5.61. The van der Waals surface area contributed by atoms with Gasteiger partial charge in [0.1, 0.15) is 12.7 Å². The molecular formula is C27H24N2O8. The second-order valence-corrected chi connectivity index (χ2v) is 8.06. The van der Waals surface area contributed by atoms with Crippen LogP contribution in [0.3, 0.4) is 0 Å². The van der Waals surface area contributed by atoms with E-state index >= 15 is 0 Å². The predicted molar refractivity (Wildman–Crippen MR) is 130 cm³/mol. The van der Waals surface area contributed by atoms with E-state index in [-0.39, 0.29) is 17.7 Å². The van der Waals surface area contributed by atoms with Gasteiger partial charge in [-0.25, -0.2) is 14.4 Å². The summed E-state index contributed by atoms with van der Waals surface area (Å²) in [6.45, 7) is -0.366. The van der Waals surface area contributed by atoms with Crippen molar-refractivity contribution in [2.24, 2.45) is 10.9 Å². The molecule has 4 rings (SSSR count). The van der Waals surface area contributed by atoms with E-state index in [0.717, 1.165) is 0 Å². The van der Waals surface area contributed by atoms with Gasteiger partial charge >= 0.3 is 17.9 Å². The van der Waals surface area contributed by atoms with Crippen LogP contribution in [0.2, 0.25) is 0 Å². The third kappa shape index (κ3) is 6.11. The molecule has 0 spiro atoms. The number of nitrogens with two attached hydrogens (primary N) is 1. The van der Waals surface area contributed by atoms with Crippen molar-refractivity contribution in [3.05, 3.63) is 108 Å². The Hall–Kier alpha value is -4.70. The smallest absolute Gasteiger partial charge is 0.338 e. The highest BCUT2D eigenvalue weighted by molar-refractivity contribution is 5.92. The van der Waals surface area contributed by atoms with Crippen molar-refractivity contribution in [1.29, 1.82) is 0 Å². The Labute approximate surface area is 212 Å². The van der Waals surface area contributed by atoms with Crippen LogP contribution >= 0.6 is 0 Å². The molecule has 0 aromatic heterocycles. The van der Waals surface area contributed by atoms with Crippen LogP contribution in [0.5, 0.6) is 0 Å². The Morgan fingerprint density at radius 2 is 1.16 bits per heavy atom. The average Bonchev–Trinajstić information content (AvgIpc) is 3.28. The van der Waals surface area contributed by atoms with Gasteiger partial charge in [-0.3, -0.25) is 0 Å². The molecule has 1 aliphatic heterocycles. The van der Waals surface area contributed by atoms with E-state index in [1.165, 1.54) is 0 Å². The summed E-state index contributed by atoms with van der Waals surface area (Å²) in [5.41, 5.74) is 6.60. The Balaban J connectivity index is 1.60. The molecule has 0 bridgehead atoms. The molecule has 3 N–H and O–H groups in total. The lowest BCUT2D eigenvalue weighted by Gasteiger charge is -2.24. The molecule has 10 nitrogen and oxygen atoms in total. The van der Waals surface area contributed by atoms with E-state index in [9.17, 15) is 19.6 Å². The fourth-order valence-electron chi connectivity index (χ4n) is 3.78. The second kappa shape index (κ2) is 11.8. The molecule has 0 aliphatic carbocycles. The molecule has 0 unspecified atom stereocenters. The Kier molecular flexibility index (Phi) is 8.11. The highest BCUT2D eigenvalue weighted by Gasteiger charge is 2.52. The van der Waals surface area contributed by atoms with Crippen LogP contribution < -0.4 is 5.73 Å². The van der Waals surface area contributed by atoms with Crippen molar-refractivity contribution >= 4 is 23.7 Å². The first-order valence-electron chi connectivity index (χ1n) is 11.3. The monoisotopic (exact) mass is 504 g/mol. The summed E-state index contributed by atoms with van der Waals surface area (Å²) in [4.78, 5) is 38.3. The topological polar surface area (TPSA) is 147 Å². The van der Waals surface area contributed by atoms with Gasteiger partial charge in [0, 0.05) is 0 Å². The Morgan fingerprint density at radius 1 is 0.730 bits per heavy atom. The zero-order valence-corrected chi connectivity index (χ0v) is 19.5. The summed E-state index contributed by atoms with van der Waals surface area (Å²) in [5.74, 6) is -2.52. The number of amidine groups is 1. The maximum absolute atomic E-state index is 12.9. The van der Waals surface area contributed by atoms with Crippen LogP contribution in [0.1, 0.15) is 31.1 Å². The van der Waals surface area contributed by atoms with E-state index in [1.54, 1.807) is 91.0 Å². The molecule has 1 aliphatic rings. The van der Waals surface area contributed by atoms with E-state index in [1.807, 2.05) is 0 Å². The summed E-state index contributed by atoms with van der Waals surface area (Å²) in [5, 5.41) is 12.3. The van der Waals surface area contributed by atoms with Crippen LogP contribution in [0.15, 0.2) is 96.2 Å². The maximum atomic E-state index is 12.9. The first-order chi connectivity index (χ1) is 18.0. The lowest BCUT2D eigenvalue weighted by atomic mass is 10.1. The minimum atomic E-state index is -1.31. The van der Waals surface area contributed by atoms with E-state index < -0.39 is 48.2 Å². The minimum absolute atomic E-state index is 0.229. The fourth-order valence-corrected chi connectivity index (χ4v) is 3.78. The zero-order chi connectivity index (χ0) is 26.2. The Bertz CT molecular complexity index is 1250. The molecule has 10 heteroatoms. The number of hydrogen-bond donors (Lipinski definition) is 2.